The van der Waals surface area contributed by atoms with Gasteiger partial charge < -0.3 is 9.32 Å². The van der Waals surface area contributed by atoms with Crippen molar-refractivity contribution in [3.63, 3.8) is 0 Å². The predicted octanol–water partition coefficient (Wildman–Crippen LogP) is 4.31. The molecule has 3 atom stereocenters. The van der Waals surface area contributed by atoms with Crippen molar-refractivity contribution >= 4 is 15.9 Å². The smallest absolute Gasteiger partial charge is 0.254 e. The van der Waals surface area contributed by atoms with Gasteiger partial charge in [0, 0.05) is 24.7 Å². The minimum Gasteiger partial charge on any atom is -0.467 e. The molecule has 2 aromatic rings. The molecule has 30 heavy (non-hydrogen) atoms. The first-order valence-electron chi connectivity index (χ1n) is 10.7. The number of nitrogens with zero attached hydrogens (tertiary/aromatic N) is 2. The topological polar surface area (TPSA) is 70.8 Å². The molecule has 162 valence electrons. The Morgan fingerprint density at radius 2 is 1.73 bits per heavy atom. The number of hydrogen-bond acceptors (Lipinski definition) is 4. The molecule has 3 unspecified atom stereocenters. The number of hydrogen-bond donors (Lipinski definition) is 0. The SMILES string of the molecule is CC1CC(C)CN(S(=O)(=O)c2ccc(C(=O)N(C3CC3)C(C)c3ccco3)cc2)C1. The van der Waals surface area contributed by atoms with Crippen LogP contribution in [0.5, 0.6) is 0 Å². The monoisotopic (exact) mass is 430 g/mol. The van der Waals surface area contributed by atoms with Crippen molar-refractivity contribution in [1.29, 1.82) is 0 Å². The highest BCUT2D eigenvalue weighted by Crippen LogP contribution is 2.36. The maximum absolute atomic E-state index is 13.2. The lowest BCUT2D eigenvalue weighted by atomic mass is 9.94. The summed E-state index contributed by atoms with van der Waals surface area (Å²) < 4.78 is 33.3. The quantitative estimate of drug-likeness (QED) is 0.685. The molecule has 6 nitrogen and oxygen atoms in total. The van der Waals surface area contributed by atoms with Crippen LogP contribution in [0.3, 0.4) is 0 Å². The van der Waals surface area contributed by atoms with Crippen LogP contribution in [0.15, 0.2) is 52.0 Å². The van der Waals surface area contributed by atoms with E-state index in [4.69, 9.17) is 4.42 Å². The summed E-state index contributed by atoms with van der Waals surface area (Å²) in [5.41, 5.74) is 0.500. The molecular formula is C23H30N2O4S. The number of furan rings is 1. The fourth-order valence-electron chi connectivity index (χ4n) is 4.55. The maximum atomic E-state index is 13.2. The van der Waals surface area contributed by atoms with E-state index in [9.17, 15) is 13.2 Å². The highest BCUT2D eigenvalue weighted by molar-refractivity contribution is 7.89. The fraction of sp³-hybridized carbons (Fsp3) is 0.522. The highest BCUT2D eigenvalue weighted by atomic mass is 32.2. The number of carbonyl (C=O) groups is 1. The third-order valence-electron chi connectivity index (χ3n) is 6.12. The Morgan fingerprint density at radius 1 is 1.10 bits per heavy atom. The van der Waals surface area contributed by atoms with Crippen LogP contribution in [0.2, 0.25) is 0 Å². The molecular weight excluding hydrogens is 400 g/mol. The normalized spacial score (nSPS) is 23.8. The second-order valence-corrected chi connectivity index (χ2v) is 10.9. The Balaban J connectivity index is 1.54. The third kappa shape index (κ3) is 4.18. The summed E-state index contributed by atoms with van der Waals surface area (Å²) in [6.07, 6.45) is 4.62. The Kier molecular flexibility index (Phi) is 5.77. The lowest BCUT2D eigenvalue weighted by Crippen LogP contribution is -2.42. The molecule has 1 saturated heterocycles. The third-order valence-corrected chi connectivity index (χ3v) is 7.97. The second-order valence-electron chi connectivity index (χ2n) is 8.93. The van der Waals surface area contributed by atoms with Crippen LogP contribution in [0.25, 0.3) is 0 Å². The van der Waals surface area contributed by atoms with Crippen molar-refractivity contribution in [3.8, 4) is 0 Å². The van der Waals surface area contributed by atoms with Crippen LogP contribution in [0.1, 0.15) is 62.2 Å². The minimum absolute atomic E-state index is 0.0921. The number of amides is 1. The van der Waals surface area contributed by atoms with E-state index in [1.807, 2.05) is 24.0 Å². The molecule has 4 rings (SSSR count). The second kappa shape index (κ2) is 8.19. The molecule has 1 aliphatic heterocycles. The summed E-state index contributed by atoms with van der Waals surface area (Å²) >= 11 is 0. The van der Waals surface area contributed by atoms with E-state index < -0.39 is 10.0 Å². The van der Waals surface area contributed by atoms with Crippen molar-refractivity contribution in [2.24, 2.45) is 11.8 Å². The Labute approximate surface area is 178 Å². The molecule has 2 aliphatic rings. The maximum Gasteiger partial charge on any atom is 0.254 e. The largest absolute Gasteiger partial charge is 0.467 e. The Hall–Kier alpha value is -2.12. The van der Waals surface area contributed by atoms with Crippen molar-refractivity contribution in [2.45, 2.75) is 57.0 Å². The number of rotatable bonds is 6. The van der Waals surface area contributed by atoms with E-state index in [1.165, 1.54) is 0 Å². The molecule has 1 aromatic heterocycles. The molecule has 2 fully saturated rings. The average molecular weight is 431 g/mol. The van der Waals surface area contributed by atoms with Gasteiger partial charge in [-0.3, -0.25) is 4.79 Å². The summed E-state index contributed by atoms with van der Waals surface area (Å²) in [4.78, 5) is 15.3. The number of piperidine rings is 1. The molecule has 0 spiro atoms. The number of sulfonamides is 1. The molecule has 1 amide bonds. The zero-order valence-electron chi connectivity index (χ0n) is 17.8. The van der Waals surface area contributed by atoms with Crippen LogP contribution in [-0.2, 0) is 10.0 Å². The first-order chi connectivity index (χ1) is 14.3. The van der Waals surface area contributed by atoms with Gasteiger partial charge in [0.15, 0.2) is 0 Å². The lowest BCUT2D eigenvalue weighted by Gasteiger charge is -2.34. The van der Waals surface area contributed by atoms with Gasteiger partial charge in [-0.05, 0) is 74.4 Å². The summed E-state index contributed by atoms with van der Waals surface area (Å²) in [6.45, 7) is 7.23. The average Bonchev–Trinajstić information content (AvgIpc) is 3.38. The molecule has 1 aliphatic carbocycles. The van der Waals surface area contributed by atoms with Crippen LogP contribution >= 0.6 is 0 Å². The predicted molar refractivity (Wildman–Crippen MR) is 114 cm³/mol. The zero-order valence-corrected chi connectivity index (χ0v) is 18.6. The zero-order chi connectivity index (χ0) is 21.5. The van der Waals surface area contributed by atoms with E-state index >= 15 is 0 Å². The Morgan fingerprint density at radius 3 is 2.27 bits per heavy atom. The molecule has 0 N–H and O–H groups in total. The van der Waals surface area contributed by atoms with E-state index in [1.54, 1.807) is 34.8 Å². The summed E-state index contributed by atoms with van der Waals surface area (Å²) in [5.74, 6) is 1.35. The van der Waals surface area contributed by atoms with Crippen molar-refractivity contribution in [3.05, 3.63) is 54.0 Å². The van der Waals surface area contributed by atoms with Gasteiger partial charge in [-0.1, -0.05) is 13.8 Å². The van der Waals surface area contributed by atoms with E-state index in [-0.39, 0.29) is 22.9 Å². The standard InChI is InChI=1S/C23H30N2O4S/c1-16-13-17(2)15-24(14-16)30(27,28)21-10-6-19(7-11-21)23(26)25(20-8-9-20)18(3)22-5-4-12-29-22/h4-7,10-12,16-18,20H,8-9,13-15H2,1-3H3. The highest BCUT2D eigenvalue weighted by Gasteiger charge is 2.38. The molecule has 0 radical (unpaired) electrons. The van der Waals surface area contributed by atoms with Gasteiger partial charge in [0.1, 0.15) is 5.76 Å². The van der Waals surface area contributed by atoms with E-state index in [0.717, 1.165) is 25.0 Å². The Bertz CT molecular complexity index is 971. The van der Waals surface area contributed by atoms with Crippen LogP contribution in [0, 0.1) is 11.8 Å². The summed E-state index contributed by atoms with van der Waals surface area (Å²) in [5, 5.41) is 0. The van der Waals surface area contributed by atoms with Gasteiger partial charge in [0.05, 0.1) is 17.2 Å². The van der Waals surface area contributed by atoms with Crippen LogP contribution in [0.4, 0.5) is 0 Å². The summed E-state index contributed by atoms with van der Waals surface area (Å²) in [7, 11) is -3.55. The lowest BCUT2D eigenvalue weighted by molar-refractivity contribution is 0.0652. The van der Waals surface area contributed by atoms with Crippen LogP contribution in [-0.4, -0.2) is 42.7 Å². The van der Waals surface area contributed by atoms with Gasteiger partial charge in [0.2, 0.25) is 10.0 Å². The van der Waals surface area contributed by atoms with Gasteiger partial charge in [0.25, 0.3) is 5.91 Å². The van der Waals surface area contributed by atoms with Gasteiger partial charge in [-0.25, -0.2) is 8.42 Å². The van der Waals surface area contributed by atoms with Crippen molar-refractivity contribution < 1.29 is 17.6 Å². The van der Waals surface area contributed by atoms with E-state index in [0.29, 0.717) is 30.5 Å². The minimum atomic E-state index is -3.55. The van der Waals surface area contributed by atoms with Gasteiger partial charge in [-0.2, -0.15) is 4.31 Å². The van der Waals surface area contributed by atoms with Crippen molar-refractivity contribution in [1.82, 2.24) is 9.21 Å². The van der Waals surface area contributed by atoms with Gasteiger partial charge >= 0.3 is 0 Å². The number of carbonyl (C=O) groups excluding carboxylic acids is 1. The van der Waals surface area contributed by atoms with Crippen molar-refractivity contribution in [2.75, 3.05) is 13.1 Å². The first kappa shape index (κ1) is 21.1. The van der Waals surface area contributed by atoms with Gasteiger partial charge in [-0.15, -0.1) is 0 Å². The van der Waals surface area contributed by atoms with E-state index in [2.05, 4.69) is 13.8 Å². The first-order valence-corrected chi connectivity index (χ1v) is 12.2. The van der Waals surface area contributed by atoms with Crippen LogP contribution < -0.4 is 0 Å². The molecule has 0 bridgehead atoms. The fourth-order valence-corrected chi connectivity index (χ4v) is 6.23. The molecule has 1 saturated carbocycles. The molecule has 2 heterocycles. The number of benzene rings is 1. The molecule has 1 aromatic carbocycles. The summed E-state index contributed by atoms with van der Waals surface area (Å²) in [6, 6.07) is 10.1. The molecule has 7 heteroatoms.